The summed E-state index contributed by atoms with van der Waals surface area (Å²) in [6.45, 7) is 1.93. The molecule has 0 spiro atoms. The van der Waals surface area contributed by atoms with E-state index in [1.807, 2.05) is 6.92 Å². The first-order valence-corrected chi connectivity index (χ1v) is 6.71. The van der Waals surface area contributed by atoms with Gasteiger partial charge >= 0.3 is 0 Å². The Morgan fingerprint density at radius 2 is 2.22 bits per heavy atom. The molecule has 1 amide bonds. The van der Waals surface area contributed by atoms with E-state index in [9.17, 15) is 10.1 Å². The number of amides is 1. The molecule has 0 bridgehead atoms. The van der Waals surface area contributed by atoms with Gasteiger partial charge in [0.1, 0.15) is 11.2 Å². The van der Waals surface area contributed by atoms with Crippen LogP contribution in [0.4, 0.5) is 5.82 Å². The number of aryl methyl sites for hydroxylation is 1. The topological polar surface area (TPSA) is 65.8 Å². The molecule has 2 rings (SSSR count). The van der Waals surface area contributed by atoms with E-state index >= 15 is 0 Å². The summed E-state index contributed by atoms with van der Waals surface area (Å²) in [5.74, 6) is 0.277. The second-order valence-corrected chi connectivity index (χ2v) is 5.53. The zero-order valence-corrected chi connectivity index (χ0v) is 11.7. The number of carbonyl (C=O) groups is 1. The maximum Gasteiger partial charge on any atom is 0.246 e. The molecule has 1 aliphatic rings. The Morgan fingerprint density at radius 1 is 1.56 bits per heavy atom. The van der Waals surface area contributed by atoms with Crippen molar-refractivity contribution < 1.29 is 4.79 Å². The Hall–Kier alpha value is -1.41. The summed E-state index contributed by atoms with van der Waals surface area (Å²) >= 11 is 3.36. The minimum absolute atomic E-state index is 0.225. The quantitative estimate of drug-likeness (QED) is 0.912. The lowest BCUT2D eigenvalue weighted by Crippen LogP contribution is -2.32. The zero-order valence-electron chi connectivity index (χ0n) is 10.2. The van der Waals surface area contributed by atoms with Crippen LogP contribution in [0, 0.1) is 23.7 Å². The van der Waals surface area contributed by atoms with Gasteiger partial charge in [-0.15, -0.1) is 0 Å². The van der Waals surface area contributed by atoms with E-state index in [1.54, 1.807) is 12.3 Å². The summed E-state index contributed by atoms with van der Waals surface area (Å²) in [6.07, 6.45) is 4.82. The minimum Gasteiger partial charge on any atom is -0.309 e. The number of anilines is 1. The summed E-state index contributed by atoms with van der Waals surface area (Å²) < 4.78 is 0.899. The van der Waals surface area contributed by atoms with E-state index in [4.69, 9.17) is 0 Å². The van der Waals surface area contributed by atoms with Crippen molar-refractivity contribution >= 4 is 27.7 Å². The molecule has 0 aromatic carbocycles. The maximum absolute atomic E-state index is 12.2. The van der Waals surface area contributed by atoms with Gasteiger partial charge in [-0.25, -0.2) is 4.98 Å². The number of rotatable bonds is 2. The predicted molar refractivity (Wildman–Crippen MR) is 71.8 cm³/mol. The summed E-state index contributed by atoms with van der Waals surface area (Å²) in [4.78, 5) is 16.3. The first kappa shape index (κ1) is 13.0. The lowest BCUT2D eigenvalue weighted by atomic mass is 9.87. The Kier molecular flexibility index (Phi) is 3.67. The number of nitrogens with zero attached hydrogens (tertiary/aromatic N) is 2. The van der Waals surface area contributed by atoms with Crippen LogP contribution < -0.4 is 5.32 Å². The van der Waals surface area contributed by atoms with Crippen molar-refractivity contribution in [3.05, 3.63) is 22.3 Å². The predicted octanol–water partition coefficient (Wildman–Crippen LogP) is 3.18. The molecule has 94 valence electrons. The number of nitriles is 1. The van der Waals surface area contributed by atoms with E-state index < -0.39 is 5.41 Å². The molecule has 1 heterocycles. The van der Waals surface area contributed by atoms with Gasteiger partial charge in [-0.2, -0.15) is 5.26 Å². The second kappa shape index (κ2) is 5.07. The van der Waals surface area contributed by atoms with Gasteiger partial charge in [0.05, 0.1) is 6.07 Å². The molecule has 1 aromatic rings. The van der Waals surface area contributed by atoms with Crippen LogP contribution in [0.1, 0.15) is 31.2 Å². The van der Waals surface area contributed by atoms with Gasteiger partial charge in [-0.05, 0) is 47.3 Å². The molecule has 1 fully saturated rings. The van der Waals surface area contributed by atoms with Gasteiger partial charge in [0, 0.05) is 10.7 Å². The van der Waals surface area contributed by atoms with E-state index in [0.717, 1.165) is 22.9 Å². The van der Waals surface area contributed by atoms with Gasteiger partial charge < -0.3 is 5.32 Å². The van der Waals surface area contributed by atoms with Gasteiger partial charge in [0.25, 0.3) is 0 Å². The molecule has 0 radical (unpaired) electrons. The molecule has 18 heavy (non-hydrogen) atoms. The largest absolute Gasteiger partial charge is 0.309 e. The van der Waals surface area contributed by atoms with Crippen molar-refractivity contribution in [1.82, 2.24) is 4.98 Å². The van der Waals surface area contributed by atoms with Gasteiger partial charge in [-0.1, -0.05) is 12.8 Å². The number of carbonyl (C=O) groups excluding carboxylic acids is 1. The van der Waals surface area contributed by atoms with Gasteiger partial charge in [0.2, 0.25) is 5.91 Å². The third-order valence-electron chi connectivity index (χ3n) is 3.39. The highest BCUT2D eigenvalue weighted by molar-refractivity contribution is 9.10. The average molecular weight is 308 g/mol. The monoisotopic (exact) mass is 307 g/mol. The van der Waals surface area contributed by atoms with Crippen LogP contribution in [0.2, 0.25) is 0 Å². The maximum atomic E-state index is 12.2. The highest BCUT2D eigenvalue weighted by atomic mass is 79.9. The molecule has 0 atom stereocenters. The third kappa shape index (κ3) is 2.39. The molecule has 1 saturated carbocycles. The fourth-order valence-electron chi connectivity index (χ4n) is 2.21. The van der Waals surface area contributed by atoms with Crippen molar-refractivity contribution in [2.45, 2.75) is 32.6 Å². The first-order valence-electron chi connectivity index (χ1n) is 5.92. The molecule has 1 aliphatic carbocycles. The highest BCUT2D eigenvalue weighted by Crippen LogP contribution is 2.38. The molecular formula is C13H14BrN3O. The third-order valence-corrected chi connectivity index (χ3v) is 4.22. The van der Waals surface area contributed by atoms with E-state index in [2.05, 4.69) is 32.3 Å². The molecule has 4 nitrogen and oxygen atoms in total. The molecule has 1 N–H and O–H groups in total. The lowest BCUT2D eigenvalue weighted by molar-refractivity contribution is -0.122. The van der Waals surface area contributed by atoms with Crippen molar-refractivity contribution in [2.24, 2.45) is 5.41 Å². The van der Waals surface area contributed by atoms with E-state index in [-0.39, 0.29) is 5.91 Å². The smallest absolute Gasteiger partial charge is 0.246 e. The SMILES string of the molecule is Cc1cc(NC(=O)C2(C#N)CCCC2)ncc1Br. The summed E-state index contributed by atoms with van der Waals surface area (Å²) in [5.41, 5.74) is 0.139. The summed E-state index contributed by atoms with van der Waals surface area (Å²) in [6, 6.07) is 3.97. The normalized spacial score (nSPS) is 17.2. The van der Waals surface area contributed by atoms with Crippen LogP contribution in [0.15, 0.2) is 16.7 Å². The Bertz CT molecular complexity index is 515. The minimum atomic E-state index is -0.858. The molecule has 0 saturated heterocycles. The van der Waals surface area contributed by atoms with Crippen molar-refractivity contribution in [3.8, 4) is 6.07 Å². The molecule has 5 heteroatoms. The van der Waals surface area contributed by atoms with Crippen molar-refractivity contribution in [2.75, 3.05) is 5.32 Å². The van der Waals surface area contributed by atoms with Crippen LogP contribution in [0.5, 0.6) is 0 Å². The highest BCUT2D eigenvalue weighted by Gasteiger charge is 2.41. The van der Waals surface area contributed by atoms with Crippen molar-refractivity contribution in [3.63, 3.8) is 0 Å². The number of hydrogen-bond donors (Lipinski definition) is 1. The average Bonchev–Trinajstić information content (AvgIpc) is 2.84. The van der Waals surface area contributed by atoms with Crippen molar-refractivity contribution in [1.29, 1.82) is 5.26 Å². The van der Waals surface area contributed by atoms with Gasteiger partial charge in [0.15, 0.2) is 0 Å². The summed E-state index contributed by atoms with van der Waals surface area (Å²) in [5, 5.41) is 12.0. The standard InChI is InChI=1S/C13H14BrN3O/c1-9-6-11(16-7-10(9)14)17-12(18)13(8-15)4-2-3-5-13/h6-7H,2-5H2,1H3,(H,16,17,18). The fraction of sp³-hybridized carbons (Fsp3) is 0.462. The summed E-state index contributed by atoms with van der Waals surface area (Å²) in [7, 11) is 0. The van der Waals surface area contributed by atoms with Crippen LogP contribution in [0.3, 0.4) is 0 Å². The number of aromatic nitrogens is 1. The zero-order chi connectivity index (χ0) is 13.2. The second-order valence-electron chi connectivity index (χ2n) is 4.67. The van der Waals surface area contributed by atoms with E-state index in [0.29, 0.717) is 18.7 Å². The van der Waals surface area contributed by atoms with Crippen LogP contribution >= 0.6 is 15.9 Å². The first-order chi connectivity index (χ1) is 8.57. The Balaban J connectivity index is 2.16. The molecular weight excluding hydrogens is 294 g/mol. The Morgan fingerprint density at radius 3 is 2.78 bits per heavy atom. The fourth-order valence-corrected chi connectivity index (χ4v) is 2.43. The Labute approximate surface area is 115 Å². The van der Waals surface area contributed by atoms with Crippen LogP contribution in [-0.2, 0) is 4.79 Å². The number of nitrogens with one attached hydrogen (secondary N) is 1. The lowest BCUT2D eigenvalue weighted by Gasteiger charge is -2.18. The molecule has 0 aliphatic heterocycles. The molecule has 0 unspecified atom stereocenters. The number of hydrogen-bond acceptors (Lipinski definition) is 3. The number of pyridine rings is 1. The number of halogens is 1. The van der Waals surface area contributed by atoms with Gasteiger partial charge in [-0.3, -0.25) is 4.79 Å². The molecule has 1 aromatic heterocycles. The van der Waals surface area contributed by atoms with Crippen LogP contribution in [0.25, 0.3) is 0 Å². The van der Waals surface area contributed by atoms with Crippen LogP contribution in [-0.4, -0.2) is 10.9 Å². The van der Waals surface area contributed by atoms with E-state index in [1.165, 1.54) is 0 Å².